The molecule has 1 aromatic carbocycles. The van der Waals surface area contributed by atoms with Crippen molar-refractivity contribution < 1.29 is 9.50 Å². The van der Waals surface area contributed by atoms with Crippen LogP contribution in [0.5, 0.6) is 0 Å². The minimum Gasteiger partial charge on any atom is -0.396 e. The van der Waals surface area contributed by atoms with E-state index in [0.717, 1.165) is 12.8 Å². The van der Waals surface area contributed by atoms with Crippen LogP contribution in [0.1, 0.15) is 32.3 Å². The first-order valence-electron chi connectivity index (χ1n) is 6.33. The van der Waals surface area contributed by atoms with Crippen LogP contribution >= 0.6 is 11.6 Å². The fraction of sp³-hybridized carbons (Fsp3) is 0.571. The molecule has 0 spiro atoms. The summed E-state index contributed by atoms with van der Waals surface area (Å²) in [4.78, 5) is 0. The third-order valence-electron chi connectivity index (χ3n) is 3.68. The van der Waals surface area contributed by atoms with E-state index in [-0.39, 0.29) is 22.9 Å². The van der Waals surface area contributed by atoms with Gasteiger partial charge in [-0.25, -0.2) is 4.39 Å². The Morgan fingerprint density at radius 2 is 2.00 bits per heavy atom. The summed E-state index contributed by atoms with van der Waals surface area (Å²) in [5.74, 6) is -0.366. The second-order valence-corrected chi connectivity index (χ2v) is 5.09. The lowest BCUT2D eigenvalue weighted by Gasteiger charge is -2.29. The van der Waals surface area contributed by atoms with Crippen molar-refractivity contribution in [3.63, 3.8) is 0 Å². The van der Waals surface area contributed by atoms with Crippen LogP contribution in [0, 0.1) is 11.2 Å². The molecular weight excluding hydrogens is 253 g/mol. The first kappa shape index (κ1) is 15.4. The van der Waals surface area contributed by atoms with Gasteiger partial charge >= 0.3 is 0 Å². The number of nitrogens with one attached hydrogen (secondary N) is 1. The molecule has 4 heteroatoms. The smallest absolute Gasteiger partial charge is 0.146 e. The van der Waals surface area contributed by atoms with Crippen LogP contribution in [-0.4, -0.2) is 18.3 Å². The van der Waals surface area contributed by atoms with Crippen molar-refractivity contribution in [1.82, 2.24) is 5.32 Å². The van der Waals surface area contributed by atoms with Gasteiger partial charge in [-0.15, -0.1) is 0 Å². The average molecular weight is 274 g/mol. The van der Waals surface area contributed by atoms with Crippen LogP contribution in [0.2, 0.25) is 5.02 Å². The zero-order valence-electron chi connectivity index (χ0n) is 11.0. The predicted octanol–water partition coefficient (Wildman–Crippen LogP) is 3.37. The molecule has 0 fully saturated rings. The van der Waals surface area contributed by atoms with Crippen molar-refractivity contribution in [3.8, 4) is 0 Å². The Labute approximate surface area is 113 Å². The van der Waals surface area contributed by atoms with Gasteiger partial charge in [-0.1, -0.05) is 37.6 Å². The highest BCUT2D eigenvalue weighted by Gasteiger charge is 2.24. The number of rotatable bonds is 7. The summed E-state index contributed by atoms with van der Waals surface area (Å²) in [5.41, 5.74) is 0.441. The van der Waals surface area contributed by atoms with Gasteiger partial charge in [-0.3, -0.25) is 0 Å². The molecule has 1 rings (SSSR count). The van der Waals surface area contributed by atoms with Crippen molar-refractivity contribution in [3.05, 3.63) is 34.6 Å². The summed E-state index contributed by atoms with van der Waals surface area (Å²) in [6.07, 6.45) is 1.79. The molecule has 0 heterocycles. The number of benzene rings is 1. The van der Waals surface area contributed by atoms with Crippen LogP contribution in [0.15, 0.2) is 18.2 Å². The van der Waals surface area contributed by atoms with Gasteiger partial charge in [0, 0.05) is 30.7 Å². The van der Waals surface area contributed by atoms with E-state index in [1.165, 1.54) is 6.07 Å². The van der Waals surface area contributed by atoms with Gasteiger partial charge in [0.2, 0.25) is 0 Å². The van der Waals surface area contributed by atoms with Crippen molar-refractivity contribution in [1.29, 1.82) is 0 Å². The van der Waals surface area contributed by atoms with E-state index in [9.17, 15) is 9.50 Å². The lowest BCUT2D eigenvalue weighted by molar-refractivity contribution is 0.113. The molecule has 0 aromatic heterocycles. The maximum Gasteiger partial charge on any atom is 0.146 e. The second kappa shape index (κ2) is 7.07. The Morgan fingerprint density at radius 1 is 1.33 bits per heavy atom. The van der Waals surface area contributed by atoms with E-state index < -0.39 is 0 Å². The topological polar surface area (TPSA) is 32.3 Å². The number of hydrogen-bond donors (Lipinski definition) is 2. The molecule has 0 aliphatic heterocycles. The van der Waals surface area contributed by atoms with Crippen molar-refractivity contribution in [2.24, 2.45) is 5.41 Å². The number of hydrogen-bond acceptors (Lipinski definition) is 2. The summed E-state index contributed by atoms with van der Waals surface area (Å²) in [6, 6.07) is 4.99. The maximum absolute atomic E-state index is 13.6. The molecule has 0 aliphatic rings. The normalized spacial score (nSPS) is 11.8. The zero-order valence-corrected chi connectivity index (χ0v) is 11.7. The highest BCUT2D eigenvalue weighted by Crippen LogP contribution is 2.25. The van der Waals surface area contributed by atoms with Crippen LogP contribution in [0.4, 0.5) is 4.39 Å². The molecule has 18 heavy (non-hydrogen) atoms. The molecule has 2 N–H and O–H groups in total. The van der Waals surface area contributed by atoms with E-state index in [0.29, 0.717) is 18.7 Å². The standard InChI is InChI=1S/C14H21ClFNO/c1-3-14(4-2,10-18)9-17-8-11-6-5-7-12(15)13(11)16/h5-7,17-18H,3-4,8-10H2,1-2H3. The fourth-order valence-corrected chi connectivity index (χ4v) is 2.12. The highest BCUT2D eigenvalue weighted by molar-refractivity contribution is 6.30. The van der Waals surface area contributed by atoms with E-state index in [1.54, 1.807) is 12.1 Å². The highest BCUT2D eigenvalue weighted by atomic mass is 35.5. The molecule has 0 aliphatic carbocycles. The van der Waals surface area contributed by atoms with E-state index in [1.807, 2.05) is 0 Å². The zero-order chi connectivity index (χ0) is 13.6. The molecule has 0 saturated heterocycles. The first-order chi connectivity index (χ1) is 8.58. The average Bonchev–Trinajstić information content (AvgIpc) is 2.40. The molecule has 102 valence electrons. The third-order valence-corrected chi connectivity index (χ3v) is 3.97. The number of halogens is 2. The Kier molecular flexibility index (Phi) is 6.06. The molecule has 0 radical (unpaired) electrons. The molecule has 0 atom stereocenters. The van der Waals surface area contributed by atoms with Crippen LogP contribution < -0.4 is 5.32 Å². The van der Waals surface area contributed by atoms with Crippen molar-refractivity contribution in [2.75, 3.05) is 13.2 Å². The monoisotopic (exact) mass is 273 g/mol. The summed E-state index contributed by atoms with van der Waals surface area (Å²) < 4.78 is 13.6. The molecule has 0 bridgehead atoms. The molecule has 0 unspecified atom stereocenters. The minimum atomic E-state index is -0.366. The minimum absolute atomic E-state index is 0.116. The van der Waals surface area contributed by atoms with Crippen LogP contribution in [0.3, 0.4) is 0 Å². The Bertz CT molecular complexity index is 372. The SMILES string of the molecule is CCC(CC)(CO)CNCc1cccc(Cl)c1F. The van der Waals surface area contributed by atoms with E-state index in [2.05, 4.69) is 19.2 Å². The fourth-order valence-electron chi connectivity index (χ4n) is 1.93. The largest absolute Gasteiger partial charge is 0.396 e. The predicted molar refractivity (Wildman–Crippen MR) is 73.2 cm³/mol. The maximum atomic E-state index is 13.6. The van der Waals surface area contributed by atoms with Gasteiger partial charge < -0.3 is 10.4 Å². The lowest BCUT2D eigenvalue weighted by Crippen LogP contribution is -2.36. The molecule has 2 nitrogen and oxygen atoms in total. The Morgan fingerprint density at radius 3 is 2.56 bits per heavy atom. The summed E-state index contributed by atoms with van der Waals surface area (Å²) in [7, 11) is 0. The molecule has 0 amide bonds. The quantitative estimate of drug-likeness (QED) is 0.798. The summed E-state index contributed by atoms with van der Waals surface area (Å²) >= 11 is 5.72. The van der Waals surface area contributed by atoms with Gasteiger partial charge in [-0.05, 0) is 18.9 Å². The Balaban J connectivity index is 2.58. The third kappa shape index (κ3) is 3.67. The van der Waals surface area contributed by atoms with E-state index in [4.69, 9.17) is 11.6 Å². The molecule has 1 aromatic rings. The van der Waals surface area contributed by atoms with Crippen molar-refractivity contribution >= 4 is 11.6 Å². The Hall–Kier alpha value is -0.640. The van der Waals surface area contributed by atoms with Gasteiger partial charge in [0.05, 0.1) is 5.02 Å². The summed E-state index contributed by atoms with van der Waals surface area (Å²) in [6.45, 7) is 5.35. The molecule has 0 saturated carbocycles. The number of aliphatic hydroxyl groups excluding tert-OH is 1. The lowest BCUT2D eigenvalue weighted by atomic mass is 9.83. The van der Waals surface area contributed by atoms with Gasteiger partial charge in [-0.2, -0.15) is 0 Å². The molecular formula is C14H21ClFNO. The van der Waals surface area contributed by atoms with Gasteiger partial charge in [0.25, 0.3) is 0 Å². The van der Waals surface area contributed by atoms with E-state index >= 15 is 0 Å². The first-order valence-corrected chi connectivity index (χ1v) is 6.71. The number of aliphatic hydroxyl groups is 1. The van der Waals surface area contributed by atoms with Crippen molar-refractivity contribution in [2.45, 2.75) is 33.2 Å². The second-order valence-electron chi connectivity index (χ2n) is 4.68. The summed E-state index contributed by atoms with van der Waals surface area (Å²) in [5, 5.41) is 12.8. The van der Waals surface area contributed by atoms with Crippen LogP contribution in [0.25, 0.3) is 0 Å². The van der Waals surface area contributed by atoms with Gasteiger partial charge in [0.1, 0.15) is 5.82 Å². The van der Waals surface area contributed by atoms with Gasteiger partial charge in [0.15, 0.2) is 0 Å². The van der Waals surface area contributed by atoms with Crippen LogP contribution in [-0.2, 0) is 6.54 Å².